The summed E-state index contributed by atoms with van der Waals surface area (Å²) in [5.74, 6) is -0.837. The second-order valence-electron chi connectivity index (χ2n) is 6.21. The zero-order valence-corrected chi connectivity index (χ0v) is 18.1. The highest BCUT2D eigenvalue weighted by atomic mass is 35.5. The number of anilines is 1. The number of furan rings is 1. The number of halogens is 4. The van der Waals surface area contributed by atoms with Crippen LogP contribution >= 0.6 is 23.4 Å². The van der Waals surface area contributed by atoms with Crippen molar-refractivity contribution in [3.05, 3.63) is 47.2 Å². The number of benzene rings is 1. The van der Waals surface area contributed by atoms with E-state index in [1.807, 2.05) is 6.92 Å². The van der Waals surface area contributed by atoms with Gasteiger partial charge in [-0.1, -0.05) is 23.4 Å². The molecule has 0 bridgehead atoms. The molecule has 3 rings (SSSR count). The van der Waals surface area contributed by atoms with Crippen LogP contribution in [0.3, 0.4) is 0 Å². The Balaban J connectivity index is 1.54. The van der Waals surface area contributed by atoms with Crippen LogP contribution < -0.4 is 5.32 Å². The molecule has 1 N–H and O–H groups in total. The van der Waals surface area contributed by atoms with Gasteiger partial charge in [-0.05, 0) is 37.3 Å². The van der Waals surface area contributed by atoms with Crippen molar-refractivity contribution in [1.29, 1.82) is 0 Å². The molecular formula is C19H16ClF3N4O4S. The summed E-state index contributed by atoms with van der Waals surface area (Å²) in [5.41, 5.74) is -1.59. The molecule has 32 heavy (non-hydrogen) atoms. The molecule has 13 heteroatoms. The Hall–Kier alpha value is -2.99. The average Bonchev–Trinajstić information content (AvgIpc) is 3.40. The SMILES string of the molecule is CCn1c(SCC(=O)OCC(=O)Nc2ccc(Cl)cc2C(F)(F)F)nnc1-c1ccco1. The maximum Gasteiger partial charge on any atom is 0.418 e. The summed E-state index contributed by atoms with van der Waals surface area (Å²) in [5, 5.41) is 10.4. The van der Waals surface area contributed by atoms with E-state index in [2.05, 4.69) is 15.5 Å². The smallest absolute Gasteiger partial charge is 0.418 e. The second-order valence-corrected chi connectivity index (χ2v) is 7.59. The minimum atomic E-state index is -4.72. The third-order valence-electron chi connectivity index (χ3n) is 4.02. The van der Waals surface area contributed by atoms with Crippen LogP contribution in [0.1, 0.15) is 12.5 Å². The minimum Gasteiger partial charge on any atom is -0.461 e. The van der Waals surface area contributed by atoms with Crippen LogP contribution in [0, 0.1) is 0 Å². The molecule has 0 aliphatic carbocycles. The van der Waals surface area contributed by atoms with Crippen LogP contribution in [-0.4, -0.2) is 39.0 Å². The number of carbonyl (C=O) groups is 2. The van der Waals surface area contributed by atoms with Gasteiger partial charge >= 0.3 is 12.1 Å². The van der Waals surface area contributed by atoms with Gasteiger partial charge in [0.05, 0.1) is 23.3 Å². The van der Waals surface area contributed by atoms with Crippen LogP contribution in [0.5, 0.6) is 0 Å². The van der Waals surface area contributed by atoms with E-state index in [-0.39, 0.29) is 10.8 Å². The molecular weight excluding hydrogens is 473 g/mol. The Bertz CT molecular complexity index is 1100. The second kappa shape index (κ2) is 10.1. The van der Waals surface area contributed by atoms with Gasteiger partial charge in [0.2, 0.25) is 0 Å². The quantitative estimate of drug-likeness (QED) is 0.368. The number of nitrogens with zero attached hydrogens (tertiary/aromatic N) is 3. The molecule has 0 saturated carbocycles. The molecule has 0 radical (unpaired) electrons. The number of aromatic nitrogens is 3. The molecule has 0 fully saturated rings. The van der Waals surface area contributed by atoms with Gasteiger partial charge in [-0.3, -0.25) is 14.2 Å². The third-order valence-corrected chi connectivity index (χ3v) is 5.19. The molecule has 1 amide bonds. The molecule has 0 aliphatic heterocycles. The number of thioether (sulfide) groups is 1. The Morgan fingerprint density at radius 1 is 1.28 bits per heavy atom. The van der Waals surface area contributed by atoms with Gasteiger partial charge in [0.25, 0.3) is 5.91 Å². The molecule has 0 spiro atoms. The van der Waals surface area contributed by atoms with Crippen molar-refractivity contribution in [3.63, 3.8) is 0 Å². The van der Waals surface area contributed by atoms with E-state index in [1.54, 1.807) is 16.7 Å². The van der Waals surface area contributed by atoms with Crippen molar-refractivity contribution in [2.24, 2.45) is 0 Å². The Labute approximate surface area is 189 Å². The monoisotopic (exact) mass is 488 g/mol. The van der Waals surface area contributed by atoms with E-state index in [1.165, 1.54) is 12.3 Å². The fourth-order valence-corrected chi connectivity index (χ4v) is 3.60. The van der Waals surface area contributed by atoms with Gasteiger partial charge in [0, 0.05) is 11.6 Å². The van der Waals surface area contributed by atoms with Crippen molar-refractivity contribution < 1.29 is 31.9 Å². The third kappa shape index (κ3) is 5.82. The summed E-state index contributed by atoms with van der Waals surface area (Å²) in [6.07, 6.45) is -3.22. The summed E-state index contributed by atoms with van der Waals surface area (Å²) < 4.78 is 51.2. The summed E-state index contributed by atoms with van der Waals surface area (Å²) >= 11 is 6.64. The lowest BCUT2D eigenvalue weighted by atomic mass is 10.1. The van der Waals surface area contributed by atoms with Crippen LogP contribution in [-0.2, 0) is 27.0 Å². The number of rotatable bonds is 8. The number of hydrogen-bond donors (Lipinski definition) is 1. The van der Waals surface area contributed by atoms with Crippen LogP contribution in [0.4, 0.5) is 18.9 Å². The summed E-state index contributed by atoms with van der Waals surface area (Å²) in [6, 6.07) is 6.36. The lowest BCUT2D eigenvalue weighted by molar-refractivity contribution is -0.144. The zero-order valence-electron chi connectivity index (χ0n) is 16.5. The molecule has 0 aliphatic rings. The number of esters is 1. The van der Waals surface area contributed by atoms with E-state index in [4.69, 9.17) is 20.8 Å². The van der Waals surface area contributed by atoms with Gasteiger partial charge < -0.3 is 14.5 Å². The van der Waals surface area contributed by atoms with Crippen molar-refractivity contribution in [2.75, 3.05) is 17.7 Å². The van der Waals surface area contributed by atoms with Gasteiger partial charge in [-0.25, -0.2) is 0 Å². The van der Waals surface area contributed by atoms with Crippen molar-refractivity contribution in [2.45, 2.75) is 24.8 Å². The molecule has 8 nitrogen and oxygen atoms in total. The highest BCUT2D eigenvalue weighted by Gasteiger charge is 2.34. The Morgan fingerprint density at radius 3 is 2.72 bits per heavy atom. The predicted octanol–water partition coefficient (Wildman–Crippen LogP) is 4.50. The number of hydrogen-bond acceptors (Lipinski definition) is 7. The van der Waals surface area contributed by atoms with Gasteiger partial charge in [-0.15, -0.1) is 10.2 Å². The maximum absolute atomic E-state index is 13.1. The first-order valence-electron chi connectivity index (χ1n) is 9.11. The van der Waals surface area contributed by atoms with Crippen molar-refractivity contribution >= 4 is 40.9 Å². The van der Waals surface area contributed by atoms with E-state index in [0.717, 1.165) is 17.8 Å². The number of carbonyl (C=O) groups excluding carboxylic acids is 2. The maximum atomic E-state index is 13.1. The molecule has 2 heterocycles. The van der Waals surface area contributed by atoms with E-state index >= 15 is 0 Å². The molecule has 0 unspecified atom stereocenters. The van der Waals surface area contributed by atoms with E-state index in [9.17, 15) is 22.8 Å². The standard InChI is InChI=1S/C19H16ClF3N4O4S/c1-2-27-17(14-4-3-7-30-14)25-26-18(27)32-10-16(29)31-9-15(28)24-13-6-5-11(20)8-12(13)19(21,22)23/h3-8H,2,9-10H2,1H3,(H,24,28). The normalized spacial score (nSPS) is 11.4. The lowest BCUT2D eigenvalue weighted by Gasteiger charge is -2.14. The van der Waals surface area contributed by atoms with Crippen LogP contribution in [0.2, 0.25) is 5.02 Å². The summed E-state index contributed by atoms with van der Waals surface area (Å²) in [4.78, 5) is 23.9. The highest BCUT2D eigenvalue weighted by Crippen LogP contribution is 2.36. The lowest BCUT2D eigenvalue weighted by Crippen LogP contribution is -2.23. The summed E-state index contributed by atoms with van der Waals surface area (Å²) in [7, 11) is 0. The van der Waals surface area contributed by atoms with E-state index < -0.39 is 35.9 Å². The molecule has 0 saturated heterocycles. The Morgan fingerprint density at radius 2 is 2.06 bits per heavy atom. The first-order valence-corrected chi connectivity index (χ1v) is 10.5. The van der Waals surface area contributed by atoms with Crippen LogP contribution in [0.25, 0.3) is 11.6 Å². The van der Waals surface area contributed by atoms with Crippen LogP contribution in [0.15, 0.2) is 46.2 Å². The van der Waals surface area contributed by atoms with Crippen molar-refractivity contribution in [1.82, 2.24) is 14.8 Å². The van der Waals surface area contributed by atoms with E-state index in [0.29, 0.717) is 29.4 Å². The molecule has 3 aromatic rings. The van der Waals surface area contributed by atoms with Gasteiger partial charge in [0.15, 0.2) is 23.3 Å². The average molecular weight is 489 g/mol. The minimum absolute atomic E-state index is 0.131. The van der Waals surface area contributed by atoms with Gasteiger partial charge in [-0.2, -0.15) is 13.2 Å². The first kappa shape index (κ1) is 23.7. The highest BCUT2D eigenvalue weighted by molar-refractivity contribution is 7.99. The number of alkyl halides is 3. The Kier molecular flexibility index (Phi) is 7.46. The number of ether oxygens (including phenoxy) is 1. The predicted molar refractivity (Wildman–Crippen MR) is 110 cm³/mol. The number of amides is 1. The molecule has 2 aromatic heterocycles. The number of nitrogens with one attached hydrogen (secondary N) is 1. The van der Waals surface area contributed by atoms with Crippen molar-refractivity contribution in [3.8, 4) is 11.6 Å². The molecule has 0 atom stereocenters. The summed E-state index contributed by atoms with van der Waals surface area (Å²) in [6.45, 7) is 1.64. The largest absolute Gasteiger partial charge is 0.461 e. The fourth-order valence-electron chi connectivity index (χ4n) is 2.63. The zero-order chi connectivity index (χ0) is 23.3. The fraction of sp³-hybridized carbons (Fsp3) is 0.263. The topological polar surface area (TPSA) is 99.2 Å². The molecule has 1 aromatic carbocycles. The van der Waals surface area contributed by atoms with Gasteiger partial charge in [0.1, 0.15) is 0 Å². The molecule has 170 valence electrons. The first-order chi connectivity index (χ1) is 15.2.